The van der Waals surface area contributed by atoms with Gasteiger partial charge in [0.15, 0.2) is 0 Å². The number of rotatable bonds is 15. The minimum absolute atomic E-state index is 0.266. The number of carboxylic acids is 1. The molecule has 0 aliphatic carbocycles. The molecule has 21 heavy (non-hydrogen) atoms. The van der Waals surface area contributed by atoms with Crippen LogP contribution in [-0.2, 0) is 4.79 Å². The van der Waals surface area contributed by atoms with Gasteiger partial charge in [-0.2, -0.15) is 0 Å². The number of unbranched alkanes of at least 4 members (excludes halogenated alkanes) is 9. The van der Waals surface area contributed by atoms with E-state index in [0.29, 0.717) is 6.42 Å². The van der Waals surface area contributed by atoms with E-state index in [0.717, 1.165) is 38.5 Å². The van der Waals surface area contributed by atoms with Crippen molar-refractivity contribution in [1.29, 1.82) is 0 Å². The first-order chi connectivity index (χ1) is 10.2. The van der Waals surface area contributed by atoms with Crippen molar-refractivity contribution >= 4 is 5.97 Å². The highest BCUT2D eigenvalue weighted by molar-refractivity contribution is 5.66. The van der Waals surface area contributed by atoms with Crippen molar-refractivity contribution in [2.45, 2.75) is 96.5 Å². The van der Waals surface area contributed by atoms with E-state index in [1.807, 2.05) is 6.08 Å². The summed E-state index contributed by atoms with van der Waals surface area (Å²) in [5.74, 6) is -0.683. The van der Waals surface area contributed by atoms with Gasteiger partial charge in [-0.3, -0.25) is 4.79 Å². The zero-order valence-corrected chi connectivity index (χ0v) is 13.7. The first kappa shape index (κ1) is 20.2. The van der Waals surface area contributed by atoms with Crippen molar-refractivity contribution < 1.29 is 15.0 Å². The lowest BCUT2D eigenvalue weighted by atomic mass is 10.0. The molecule has 0 radical (unpaired) electrons. The first-order valence-electron chi connectivity index (χ1n) is 8.73. The highest BCUT2D eigenvalue weighted by Crippen LogP contribution is 2.12. The molecule has 0 rings (SSSR count). The summed E-state index contributed by atoms with van der Waals surface area (Å²) < 4.78 is 0. The minimum atomic E-state index is -0.683. The van der Waals surface area contributed by atoms with Crippen molar-refractivity contribution in [3.8, 4) is 0 Å². The van der Waals surface area contributed by atoms with Crippen LogP contribution in [0.5, 0.6) is 0 Å². The Kier molecular flexibility index (Phi) is 14.9. The molecule has 2 N–H and O–H groups in total. The van der Waals surface area contributed by atoms with Gasteiger partial charge in [-0.1, -0.05) is 76.9 Å². The molecule has 3 heteroatoms. The fraction of sp³-hybridized carbons (Fsp3) is 0.833. The maximum Gasteiger partial charge on any atom is 0.303 e. The fourth-order valence-corrected chi connectivity index (χ4v) is 2.36. The molecule has 0 aliphatic heterocycles. The predicted octanol–water partition coefficient (Wildman–Crippen LogP) is 5.08. The Balaban J connectivity index is 3.21. The minimum Gasteiger partial charge on any atom is -0.481 e. The summed E-state index contributed by atoms with van der Waals surface area (Å²) in [6.45, 7) is 2.18. The van der Waals surface area contributed by atoms with Crippen LogP contribution in [0.1, 0.15) is 90.4 Å². The number of aliphatic carboxylic acids is 1. The SMILES string of the molecule is CCCC/C=C\[C@H](O)CCCCCCCCCCC(=O)O. The molecule has 0 amide bonds. The summed E-state index contributed by atoms with van der Waals surface area (Å²) in [6, 6.07) is 0. The second-order valence-electron chi connectivity index (χ2n) is 5.90. The Bertz CT molecular complexity index is 261. The molecule has 0 fully saturated rings. The van der Waals surface area contributed by atoms with E-state index in [4.69, 9.17) is 5.11 Å². The van der Waals surface area contributed by atoms with Gasteiger partial charge in [0, 0.05) is 6.42 Å². The Morgan fingerprint density at radius 3 is 2.10 bits per heavy atom. The monoisotopic (exact) mass is 298 g/mol. The average Bonchev–Trinajstić information content (AvgIpc) is 2.45. The fourth-order valence-electron chi connectivity index (χ4n) is 2.36. The van der Waals surface area contributed by atoms with Crippen molar-refractivity contribution in [2.75, 3.05) is 0 Å². The first-order valence-corrected chi connectivity index (χ1v) is 8.73. The third-order valence-corrected chi connectivity index (χ3v) is 3.72. The lowest BCUT2D eigenvalue weighted by molar-refractivity contribution is -0.137. The van der Waals surface area contributed by atoms with Crippen LogP contribution in [0, 0.1) is 0 Å². The molecule has 0 saturated carbocycles. The van der Waals surface area contributed by atoms with Crippen LogP contribution in [0.25, 0.3) is 0 Å². The maximum atomic E-state index is 10.3. The number of carbonyl (C=O) groups is 1. The van der Waals surface area contributed by atoms with Crippen LogP contribution in [0.3, 0.4) is 0 Å². The smallest absolute Gasteiger partial charge is 0.303 e. The van der Waals surface area contributed by atoms with Crippen LogP contribution >= 0.6 is 0 Å². The quantitative estimate of drug-likeness (QED) is 0.327. The topological polar surface area (TPSA) is 57.5 Å². The Labute approximate surface area is 130 Å². The Hall–Kier alpha value is -0.830. The lowest BCUT2D eigenvalue weighted by Crippen LogP contribution is -2.01. The third kappa shape index (κ3) is 17.1. The molecular formula is C18H34O3. The molecular weight excluding hydrogens is 264 g/mol. The van der Waals surface area contributed by atoms with E-state index in [1.165, 1.54) is 38.5 Å². The van der Waals surface area contributed by atoms with Gasteiger partial charge >= 0.3 is 5.97 Å². The van der Waals surface area contributed by atoms with Gasteiger partial charge in [0.05, 0.1) is 6.10 Å². The zero-order chi connectivity index (χ0) is 15.8. The number of aliphatic hydroxyl groups is 1. The highest BCUT2D eigenvalue weighted by Gasteiger charge is 1.99. The molecule has 0 aromatic rings. The van der Waals surface area contributed by atoms with Crippen molar-refractivity contribution in [3.63, 3.8) is 0 Å². The van der Waals surface area contributed by atoms with Crippen molar-refractivity contribution in [1.82, 2.24) is 0 Å². The molecule has 0 heterocycles. The van der Waals surface area contributed by atoms with Crippen LogP contribution in [0.4, 0.5) is 0 Å². The number of carboxylic acid groups (broad SMARTS) is 1. The van der Waals surface area contributed by atoms with E-state index >= 15 is 0 Å². The Morgan fingerprint density at radius 1 is 0.952 bits per heavy atom. The largest absolute Gasteiger partial charge is 0.481 e. The standard InChI is InChI=1S/C18H34O3/c1-2-3-4-11-14-17(19)15-12-9-7-5-6-8-10-13-16-18(20)21/h11,14,17,19H,2-10,12-13,15-16H2,1H3,(H,20,21)/b14-11-/t17-/m0/s1. The summed E-state index contributed by atoms with van der Waals surface area (Å²) in [7, 11) is 0. The van der Waals surface area contributed by atoms with E-state index in [1.54, 1.807) is 0 Å². The molecule has 124 valence electrons. The number of aliphatic hydroxyl groups excluding tert-OH is 1. The lowest BCUT2D eigenvalue weighted by Gasteiger charge is -2.05. The summed E-state index contributed by atoms with van der Waals surface area (Å²) in [5.41, 5.74) is 0. The van der Waals surface area contributed by atoms with Crippen LogP contribution in [0.15, 0.2) is 12.2 Å². The van der Waals surface area contributed by atoms with Crippen molar-refractivity contribution in [3.05, 3.63) is 12.2 Å². The molecule has 0 spiro atoms. The molecule has 1 atom stereocenters. The molecule has 3 nitrogen and oxygen atoms in total. The van der Waals surface area contributed by atoms with Gasteiger partial charge < -0.3 is 10.2 Å². The van der Waals surface area contributed by atoms with Crippen LogP contribution in [-0.4, -0.2) is 22.3 Å². The maximum absolute atomic E-state index is 10.3. The highest BCUT2D eigenvalue weighted by atomic mass is 16.4. The van der Waals surface area contributed by atoms with Gasteiger partial charge in [-0.05, 0) is 19.3 Å². The molecule has 0 saturated heterocycles. The van der Waals surface area contributed by atoms with Crippen LogP contribution in [0.2, 0.25) is 0 Å². The molecule has 0 aromatic carbocycles. The van der Waals surface area contributed by atoms with Gasteiger partial charge in [0.25, 0.3) is 0 Å². The van der Waals surface area contributed by atoms with Crippen LogP contribution < -0.4 is 0 Å². The van der Waals surface area contributed by atoms with E-state index < -0.39 is 5.97 Å². The Morgan fingerprint density at radius 2 is 1.52 bits per heavy atom. The van der Waals surface area contributed by atoms with Crippen molar-refractivity contribution in [2.24, 2.45) is 0 Å². The van der Waals surface area contributed by atoms with E-state index in [9.17, 15) is 9.90 Å². The molecule has 0 aliphatic rings. The summed E-state index contributed by atoms with van der Waals surface area (Å²) >= 11 is 0. The second-order valence-corrected chi connectivity index (χ2v) is 5.90. The average molecular weight is 298 g/mol. The summed E-state index contributed by atoms with van der Waals surface area (Å²) in [5, 5.41) is 18.3. The van der Waals surface area contributed by atoms with Gasteiger partial charge in [0.2, 0.25) is 0 Å². The zero-order valence-electron chi connectivity index (χ0n) is 13.7. The van der Waals surface area contributed by atoms with Gasteiger partial charge in [-0.25, -0.2) is 0 Å². The van der Waals surface area contributed by atoms with Gasteiger partial charge in [0.1, 0.15) is 0 Å². The number of hydrogen-bond donors (Lipinski definition) is 2. The summed E-state index contributed by atoms with van der Waals surface area (Å²) in [6.07, 6.45) is 17.4. The molecule has 0 aromatic heterocycles. The third-order valence-electron chi connectivity index (χ3n) is 3.72. The van der Waals surface area contributed by atoms with E-state index in [-0.39, 0.29) is 6.10 Å². The molecule has 0 unspecified atom stereocenters. The predicted molar refractivity (Wildman–Crippen MR) is 88.5 cm³/mol. The molecule has 0 bridgehead atoms. The summed E-state index contributed by atoms with van der Waals surface area (Å²) in [4.78, 5) is 10.3. The van der Waals surface area contributed by atoms with E-state index in [2.05, 4.69) is 13.0 Å². The number of allylic oxidation sites excluding steroid dienone is 1. The van der Waals surface area contributed by atoms with Gasteiger partial charge in [-0.15, -0.1) is 0 Å². The second kappa shape index (κ2) is 15.6. The number of hydrogen-bond acceptors (Lipinski definition) is 2. The normalized spacial score (nSPS) is 12.9.